The molecule has 0 atom stereocenters. The molecule has 0 spiro atoms. The van der Waals surface area contributed by atoms with Crippen LogP contribution in [0.25, 0.3) is 0 Å². The van der Waals surface area contributed by atoms with Crippen LogP contribution in [0, 0.1) is 6.92 Å². The number of hydrogen-bond donors (Lipinski definition) is 0. The van der Waals surface area contributed by atoms with Crippen LogP contribution in [-0.4, -0.2) is 35.6 Å². The minimum atomic E-state index is -0.440. The molecule has 0 radical (unpaired) electrons. The molecule has 2 rings (SSSR count). The molecule has 5 heteroatoms. The first-order chi connectivity index (χ1) is 9.58. The highest BCUT2D eigenvalue weighted by atomic mass is 16.7. The Hall–Kier alpha value is -2.17. The lowest BCUT2D eigenvalue weighted by atomic mass is 10.1. The van der Waals surface area contributed by atoms with Gasteiger partial charge in [0, 0.05) is 32.9 Å². The predicted molar refractivity (Wildman–Crippen MR) is 75.5 cm³/mol. The number of nitrogens with zero attached hydrogens (tertiary/aromatic N) is 2. The molecule has 1 heterocycles. The van der Waals surface area contributed by atoms with E-state index in [1.807, 2.05) is 19.1 Å². The smallest absolute Gasteiger partial charge is 0.342 e. The van der Waals surface area contributed by atoms with Crippen LogP contribution in [0.15, 0.2) is 29.4 Å². The van der Waals surface area contributed by atoms with Crippen molar-refractivity contribution in [1.82, 2.24) is 4.90 Å². The molecule has 0 saturated carbocycles. The van der Waals surface area contributed by atoms with Gasteiger partial charge in [-0.05, 0) is 18.6 Å². The van der Waals surface area contributed by atoms with E-state index in [1.165, 1.54) is 0 Å². The summed E-state index contributed by atoms with van der Waals surface area (Å²) in [5, 5.41) is 3.92. The highest BCUT2D eigenvalue weighted by Crippen LogP contribution is 2.11. The molecule has 1 aliphatic rings. The third kappa shape index (κ3) is 3.44. The summed E-state index contributed by atoms with van der Waals surface area (Å²) >= 11 is 0. The van der Waals surface area contributed by atoms with Gasteiger partial charge in [0.15, 0.2) is 0 Å². The van der Waals surface area contributed by atoms with Gasteiger partial charge >= 0.3 is 5.97 Å². The largest absolute Gasteiger partial charge is 0.365 e. The van der Waals surface area contributed by atoms with Gasteiger partial charge in [0.2, 0.25) is 5.91 Å². The molecular weight excluding hydrogens is 256 g/mol. The second-order valence-corrected chi connectivity index (χ2v) is 4.86. The Morgan fingerprint density at radius 2 is 1.85 bits per heavy atom. The average Bonchev–Trinajstić information content (AvgIpc) is 2.45. The van der Waals surface area contributed by atoms with Crippen molar-refractivity contribution in [3.05, 3.63) is 35.4 Å². The molecule has 0 aromatic heterocycles. The van der Waals surface area contributed by atoms with Crippen LogP contribution < -0.4 is 0 Å². The molecular formula is C15H18N2O3. The van der Waals surface area contributed by atoms with Crippen LogP contribution in [0.2, 0.25) is 0 Å². The van der Waals surface area contributed by atoms with Crippen molar-refractivity contribution in [2.24, 2.45) is 5.16 Å². The number of likely N-dealkylation sites (tertiary alicyclic amines) is 1. The molecule has 1 fully saturated rings. The second-order valence-electron chi connectivity index (χ2n) is 4.86. The maximum absolute atomic E-state index is 11.9. The molecule has 20 heavy (non-hydrogen) atoms. The van der Waals surface area contributed by atoms with Gasteiger partial charge in [0.05, 0.1) is 11.3 Å². The molecule has 0 N–H and O–H groups in total. The molecule has 1 saturated heterocycles. The number of benzene rings is 1. The van der Waals surface area contributed by atoms with E-state index in [0.717, 1.165) is 11.3 Å². The topological polar surface area (TPSA) is 59.0 Å². The fourth-order valence-electron chi connectivity index (χ4n) is 2.13. The average molecular weight is 274 g/mol. The molecule has 1 aromatic carbocycles. The standard InChI is InChI=1S/C15H18N2O3/c1-11-5-3-4-6-14(11)15(19)20-16-13-7-9-17(10-8-13)12(2)18/h3-6H,7-10H2,1-2H3. The number of hydrogen-bond acceptors (Lipinski definition) is 4. The van der Waals surface area contributed by atoms with E-state index in [1.54, 1.807) is 24.0 Å². The van der Waals surface area contributed by atoms with E-state index in [-0.39, 0.29) is 5.91 Å². The molecule has 0 unspecified atom stereocenters. The number of carbonyl (C=O) groups is 2. The summed E-state index contributed by atoms with van der Waals surface area (Å²) in [4.78, 5) is 29.8. The van der Waals surface area contributed by atoms with Crippen LogP contribution in [0.3, 0.4) is 0 Å². The zero-order valence-corrected chi connectivity index (χ0v) is 11.8. The highest BCUT2D eigenvalue weighted by molar-refractivity contribution is 5.92. The minimum Gasteiger partial charge on any atom is -0.342 e. The number of amides is 1. The van der Waals surface area contributed by atoms with E-state index >= 15 is 0 Å². The molecule has 5 nitrogen and oxygen atoms in total. The van der Waals surface area contributed by atoms with Crippen molar-refractivity contribution in [2.45, 2.75) is 26.7 Å². The van der Waals surface area contributed by atoms with E-state index in [0.29, 0.717) is 31.5 Å². The Morgan fingerprint density at radius 3 is 2.45 bits per heavy atom. The molecule has 1 aliphatic heterocycles. The zero-order chi connectivity index (χ0) is 14.5. The molecule has 1 aromatic rings. The molecule has 0 aliphatic carbocycles. The Balaban J connectivity index is 1.92. The maximum Gasteiger partial charge on any atom is 0.365 e. The first-order valence-corrected chi connectivity index (χ1v) is 6.66. The monoisotopic (exact) mass is 274 g/mol. The Kier molecular flexibility index (Phi) is 4.50. The third-order valence-corrected chi connectivity index (χ3v) is 3.41. The van der Waals surface area contributed by atoms with Gasteiger partial charge in [-0.25, -0.2) is 4.79 Å². The third-order valence-electron chi connectivity index (χ3n) is 3.41. The molecule has 0 bridgehead atoms. The summed E-state index contributed by atoms with van der Waals surface area (Å²) in [7, 11) is 0. The first-order valence-electron chi connectivity index (χ1n) is 6.66. The van der Waals surface area contributed by atoms with Crippen molar-refractivity contribution < 1.29 is 14.4 Å². The normalized spacial score (nSPS) is 14.9. The van der Waals surface area contributed by atoms with Gasteiger partial charge in [-0.3, -0.25) is 4.79 Å². The van der Waals surface area contributed by atoms with E-state index in [9.17, 15) is 9.59 Å². The lowest BCUT2D eigenvalue weighted by Gasteiger charge is -2.25. The van der Waals surface area contributed by atoms with Crippen LogP contribution in [0.4, 0.5) is 0 Å². The Bertz CT molecular complexity index is 542. The highest BCUT2D eigenvalue weighted by Gasteiger charge is 2.18. The minimum absolute atomic E-state index is 0.0703. The number of aryl methyl sites for hydroxylation is 1. The summed E-state index contributed by atoms with van der Waals surface area (Å²) in [5.41, 5.74) is 2.21. The predicted octanol–water partition coefficient (Wildman–Crippen LogP) is 2.15. The Morgan fingerprint density at radius 1 is 1.20 bits per heavy atom. The van der Waals surface area contributed by atoms with Crippen molar-refractivity contribution >= 4 is 17.6 Å². The van der Waals surface area contributed by atoms with Gasteiger partial charge < -0.3 is 9.74 Å². The van der Waals surface area contributed by atoms with Crippen LogP contribution >= 0.6 is 0 Å². The van der Waals surface area contributed by atoms with Gasteiger partial charge in [0.25, 0.3) is 0 Å². The van der Waals surface area contributed by atoms with Crippen molar-refractivity contribution in [1.29, 1.82) is 0 Å². The zero-order valence-electron chi connectivity index (χ0n) is 11.8. The summed E-state index contributed by atoms with van der Waals surface area (Å²) in [6, 6.07) is 7.24. The van der Waals surface area contributed by atoms with Crippen LogP contribution in [0.1, 0.15) is 35.7 Å². The summed E-state index contributed by atoms with van der Waals surface area (Å²) in [5.74, 6) is -0.370. The number of oxime groups is 1. The number of rotatable bonds is 2. The maximum atomic E-state index is 11.9. The number of piperidine rings is 1. The van der Waals surface area contributed by atoms with Crippen LogP contribution in [0.5, 0.6) is 0 Å². The van der Waals surface area contributed by atoms with Crippen molar-refractivity contribution in [3.8, 4) is 0 Å². The van der Waals surface area contributed by atoms with Crippen LogP contribution in [-0.2, 0) is 9.63 Å². The second kappa shape index (κ2) is 6.32. The van der Waals surface area contributed by atoms with Gasteiger partial charge in [0.1, 0.15) is 0 Å². The molecule has 106 valence electrons. The molecule has 1 amide bonds. The first kappa shape index (κ1) is 14.2. The quantitative estimate of drug-likeness (QED) is 0.613. The fourth-order valence-corrected chi connectivity index (χ4v) is 2.13. The fraction of sp³-hybridized carbons (Fsp3) is 0.400. The van der Waals surface area contributed by atoms with Gasteiger partial charge in [-0.1, -0.05) is 23.4 Å². The van der Waals surface area contributed by atoms with Gasteiger partial charge in [-0.15, -0.1) is 0 Å². The lowest BCUT2D eigenvalue weighted by molar-refractivity contribution is -0.128. The summed E-state index contributed by atoms with van der Waals surface area (Å²) in [6.45, 7) is 4.68. The van der Waals surface area contributed by atoms with E-state index in [4.69, 9.17) is 4.84 Å². The summed E-state index contributed by atoms with van der Waals surface area (Å²) in [6.07, 6.45) is 1.31. The Labute approximate surface area is 118 Å². The van der Waals surface area contributed by atoms with Crippen molar-refractivity contribution in [3.63, 3.8) is 0 Å². The van der Waals surface area contributed by atoms with Crippen molar-refractivity contribution in [2.75, 3.05) is 13.1 Å². The van der Waals surface area contributed by atoms with E-state index < -0.39 is 5.97 Å². The SMILES string of the molecule is CC(=O)N1CCC(=NOC(=O)c2ccccc2C)CC1. The van der Waals surface area contributed by atoms with Gasteiger partial charge in [-0.2, -0.15) is 0 Å². The lowest BCUT2D eigenvalue weighted by Crippen LogP contribution is -2.37. The summed E-state index contributed by atoms with van der Waals surface area (Å²) < 4.78 is 0. The number of carbonyl (C=O) groups excluding carboxylic acids is 2. The van der Waals surface area contributed by atoms with E-state index in [2.05, 4.69) is 5.16 Å².